The first-order chi connectivity index (χ1) is 20.4. The first kappa shape index (κ1) is 31.2. The van der Waals surface area contributed by atoms with Gasteiger partial charge in [0.15, 0.2) is 4.88 Å². The average molecular weight is 691 g/mol. The van der Waals surface area contributed by atoms with Gasteiger partial charge in [-0.15, -0.1) is 11.3 Å². The molecule has 0 saturated carbocycles. The van der Waals surface area contributed by atoms with Crippen molar-refractivity contribution < 1.29 is 28.5 Å². The van der Waals surface area contributed by atoms with Crippen molar-refractivity contribution in [3.63, 3.8) is 0 Å². The molecule has 2 aromatic heterocycles. The maximum absolute atomic E-state index is 12.7. The number of piperidine rings is 1. The second-order valence-corrected chi connectivity index (χ2v) is 13.5. The molecule has 43 heavy (non-hydrogen) atoms. The van der Waals surface area contributed by atoms with Gasteiger partial charge in [-0.1, -0.05) is 39.7 Å². The predicted octanol–water partition coefficient (Wildman–Crippen LogP) is 8.21. The highest BCUT2D eigenvalue weighted by Crippen LogP contribution is 2.40. The molecule has 228 valence electrons. The third-order valence-corrected chi connectivity index (χ3v) is 8.92. The van der Waals surface area contributed by atoms with E-state index < -0.39 is 17.7 Å². The van der Waals surface area contributed by atoms with E-state index in [0.717, 1.165) is 20.5 Å². The van der Waals surface area contributed by atoms with Crippen molar-refractivity contribution in [1.82, 2.24) is 14.5 Å². The van der Waals surface area contributed by atoms with Crippen LogP contribution in [0, 0.1) is 0 Å². The standard InChI is InChI=1S/C31H33BrClN3O6S/c1-18(21-7-6-8-24(27(21)33)41-20-11-13-35(14-12-20)30(38)42-31(2,3)4)40-25-16-26(43-28(25)29(37)39-5)36-17-34-22-15-19(32)9-10-23(22)36/h6-10,15-18,20H,11-14H2,1-5H3. The molecule has 4 aromatic rings. The molecule has 1 aliphatic heterocycles. The van der Waals surface area contributed by atoms with Crippen LogP contribution in [0.5, 0.6) is 11.5 Å². The molecule has 1 atom stereocenters. The number of carbonyl (C=O) groups excluding carboxylic acids is 2. The van der Waals surface area contributed by atoms with Gasteiger partial charge < -0.3 is 23.8 Å². The van der Waals surface area contributed by atoms with Crippen molar-refractivity contribution in [2.24, 2.45) is 0 Å². The van der Waals surface area contributed by atoms with Crippen molar-refractivity contribution in [1.29, 1.82) is 0 Å². The summed E-state index contributed by atoms with van der Waals surface area (Å²) >= 11 is 11.6. The molecule has 9 nitrogen and oxygen atoms in total. The van der Waals surface area contributed by atoms with Gasteiger partial charge in [-0.2, -0.15) is 0 Å². The van der Waals surface area contributed by atoms with E-state index in [-0.39, 0.29) is 12.2 Å². The summed E-state index contributed by atoms with van der Waals surface area (Å²) in [5.41, 5.74) is 1.89. The molecular weight excluding hydrogens is 658 g/mol. The number of hydrogen-bond donors (Lipinski definition) is 0. The Labute approximate surface area is 267 Å². The van der Waals surface area contributed by atoms with E-state index in [4.69, 9.17) is 30.5 Å². The fourth-order valence-electron chi connectivity index (χ4n) is 4.81. The first-order valence-corrected chi connectivity index (χ1v) is 15.9. The third kappa shape index (κ3) is 7.11. The van der Waals surface area contributed by atoms with Crippen LogP contribution in [0.2, 0.25) is 5.02 Å². The Morgan fingerprint density at radius 2 is 1.86 bits per heavy atom. The van der Waals surface area contributed by atoms with Crippen LogP contribution in [0.1, 0.15) is 61.9 Å². The van der Waals surface area contributed by atoms with Crippen molar-refractivity contribution in [2.75, 3.05) is 20.2 Å². The molecule has 1 unspecified atom stereocenters. The summed E-state index contributed by atoms with van der Waals surface area (Å²) in [5.74, 6) is 0.433. The van der Waals surface area contributed by atoms with Crippen LogP contribution in [-0.4, -0.2) is 58.4 Å². The van der Waals surface area contributed by atoms with Crippen LogP contribution >= 0.6 is 38.9 Å². The molecule has 0 bridgehead atoms. The minimum Gasteiger partial charge on any atom is -0.489 e. The fourth-order valence-corrected chi connectivity index (χ4v) is 6.48. The Hall–Kier alpha value is -3.28. The number of thiophene rings is 1. The Kier molecular flexibility index (Phi) is 9.24. The van der Waals surface area contributed by atoms with E-state index in [1.54, 1.807) is 11.2 Å². The van der Waals surface area contributed by atoms with Crippen LogP contribution < -0.4 is 9.47 Å². The lowest BCUT2D eigenvalue weighted by Gasteiger charge is -2.33. The summed E-state index contributed by atoms with van der Waals surface area (Å²) in [6.45, 7) is 8.51. The first-order valence-electron chi connectivity index (χ1n) is 13.9. The van der Waals surface area contributed by atoms with E-state index in [0.29, 0.717) is 52.9 Å². The molecule has 12 heteroatoms. The highest BCUT2D eigenvalue weighted by atomic mass is 79.9. The van der Waals surface area contributed by atoms with Gasteiger partial charge in [0.1, 0.15) is 40.6 Å². The number of aromatic nitrogens is 2. The molecule has 0 N–H and O–H groups in total. The van der Waals surface area contributed by atoms with Crippen molar-refractivity contribution in [3.05, 3.63) is 68.7 Å². The Morgan fingerprint density at radius 3 is 2.56 bits per heavy atom. The zero-order valence-electron chi connectivity index (χ0n) is 24.6. The summed E-state index contributed by atoms with van der Waals surface area (Å²) in [6.07, 6.45) is 2.12. The lowest BCUT2D eigenvalue weighted by molar-refractivity contribution is 0.0126. The lowest BCUT2D eigenvalue weighted by atomic mass is 10.1. The van der Waals surface area contributed by atoms with Gasteiger partial charge >= 0.3 is 12.1 Å². The highest BCUT2D eigenvalue weighted by Gasteiger charge is 2.29. The summed E-state index contributed by atoms with van der Waals surface area (Å²) in [7, 11) is 1.34. The van der Waals surface area contributed by atoms with Gasteiger partial charge in [-0.3, -0.25) is 4.57 Å². The molecule has 0 spiro atoms. The molecule has 0 aliphatic carbocycles. The Balaban J connectivity index is 1.31. The number of benzene rings is 2. The van der Waals surface area contributed by atoms with Gasteiger partial charge in [-0.25, -0.2) is 14.6 Å². The molecule has 3 heterocycles. The summed E-state index contributed by atoms with van der Waals surface area (Å²) in [4.78, 5) is 31.7. The largest absolute Gasteiger partial charge is 0.489 e. The summed E-state index contributed by atoms with van der Waals surface area (Å²) < 4.78 is 26.0. The predicted molar refractivity (Wildman–Crippen MR) is 170 cm³/mol. The number of methoxy groups -OCH3 is 1. The summed E-state index contributed by atoms with van der Waals surface area (Å²) in [6, 6.07) is 13.2. The molecule has 0 radical (unpaired) electrons. The summed E-state index contributed by atoms with van der Waals surface area (Å²) in [5, 5.41) is 1.19. The number of nitrogens with zero attached hydrogens (tertiary/aromatic N) is 3. The number of ether oxygens (including phenoxy) is 4. The number of hydrogen-bond acceptors (Lipinski definition) is 8. The molecule has 5 rings (SSSR count). The average Bonchev–Trinajstić information content (AvgIpc) is 3.56. The number of amides is 1. The van der Waals surface area contributed by atoms with Crippen molar-refractivity contribution in [2.45, 2.75) is 58.3 Å². The van der Waals surface area contributed by atoms with E-state index in [1.807, 2.05) is 74.7 Å². The van der Waals surface area contributed by atoms with E-state index in [2.05, 4.69) is 20.9 Å². The zero-order valence-corrected chi connectivity index (χ0v) is 27.7. The molecule has 1 aliphatic rings. The van der Waals surface area contributed by atoms with Crippen LogP contribution in [0.15, 0.2) is 53.3 Å². The maximum atomic E-state index is 12.7. The quantitative estimate of drug-likeness (QED) is 0.181. The Morgan fingerprint density at radius 1 is 1.12 bits per heavy atom. The SMILES string of the molecule is COC(=O)c1sc(-n2cnc3cc(Br)ccc32)cc1OC(C)c1cccc(OC2CCN(C(=O)OC(C)(C)C)CC2)c1Cl. The van der Waals surface area contributed by atoms with Gasteiger partial charge in [0.05, 0.1) is 23.2 Å². The number of imidazole rings is 1. The van der Waals surface area contributed by atoms with Crippen LogP contribution in [0.3, 0.4) is 0 Å². The minimum absolute atomic E-state index is 0.0985. The van der Waals surface area contributed by atoms with Crippen LogP contribution in [-0.2, 0) is 9.47 Å². The van der Waals surface area contributed by atoms with E-state index >= 15 is 0 Å². The van der Waals surface area contributed by atoms with E-state index in [1.165, 1.54) is 18.4 Å². The number of fused-ring (bicyclic) bond motifs is 1. The third-order valence-electron chi connectivity index (χ3n) is 6.92. The highest BCUT2D eigenvalue weighted by molar-refractivity contribution is 9.10. The molecule has 1 saturated heterocycles. The zero-order chi connectivity index (χ0) is 30.9. The number of esters is 1. The minimum atomic E-state index is -0.537. The second-order valence-electron chi connectivity index (χ2n) is 11.2. The molecule has 1 amide bonds. The van der Waals surface area contributed by atoms with Crippen molar-refractivity contribution >= 4 is 62.0 Å². The monoisotopic (exact) mass is 689 g/mol. The maximum Gasteiger partial charge on any atom is 0.410 e. The Bertz CT molecular complexity index is 1640. The van der Waals surface area contributed by atoms with Crippen LogP contribution in [0.25, 0.3) is 16.0 Å². The molecule has 1 fully saturated rings. The van der Waals surface area contributed by atoms with Gasteiger partial charge in [0, 0.05) is 42.0 Å². The number of halogens is 2. The molecular formula is C31H33BrClN3O6S. The second kappa shape index (κ2) is 12.8. The topological polar surface area (TPSA) is 92.1 Å². The normalized spacial score (nSPS) is 14.9. The van der Waals surface area contributed by atoms with E-state index in [9.17, 15) is 9.59 Å². The lowest BCUT2D eigenvalue weighted by Crippen LogP contribution is -2.44. The fraction of sp³-hybridized carbons (Fsp3) is 0.387. The smallest absolute Gasteiger partial charge is 0.410 e. The van der Waals surface area contributed by atoms with Gasteiger partial charge in [0.2, 0.25) is 0 Å². The van der Waals surface area contributed by atoms with Gasteiger partial charge in [-0.05, 0) is 52.0 Å². The number of rotatable bonds is 7. The van der Waals surface area contributed by atoms with Gasteiger partial charge in [0.25, 0.3) is 0 Å². The number of likely N-dealkylation sites (tertiary alicyclic amines) is 1. The number of carbonyl (C=O) groups is 2. The molecule has 2 aromatic carbocycles. The van der Waals surface area contributed by atoms with Crippen molar-refractivity contribution in [3.8, 4) is 16.5 Å². The van der Waals surface area contributed by atoms with Crippen LogP contribution in [0.4, 0.5) is 4.79 Å².